The molecule has 0 saturated carbocycles. The van der Waals surface area contributed by atoms with Gasteiger partial charge in [0.05, 0.1) is 12.3 Å². The van der Waals surface area contributed by atoms with Crippen molar-refractivity contribution in [1.29, 1.82) is 0 Å². The molecule has 5 heteroatoms. The van der Waals surface area contributed by atoms with E-state index in [1.807, 2.05) is 23.9 Å². The molecule has 1 saturated heterocycles. The number of nitrogens with two attached hydrogens (primary N) is 1. The monoisotopic (exact) mass is 281 g/mol. The highest BCUT2D eigenvalue weighted by atomic mass is 32.2. The van der Waals surface area contributed by atoms with Crippen LogP contribution in [0.25, 0.3) is 0 Å². The maximum atomic E-state index is 5.93. The van der Waals surface area contributed by atoms with Gasteiger partial charge < -0.3 is 15.4 Å². The summed E-state index contributed by atoms with van der Waals surface area (Å²) in [7, 11) is 0. The predicted octanol–water partition coefficient (Wildman–Crippen LogP) is 2.64. The Morgan fingerprint density at radius 2 is 2.21 bits per heavy atom. The number of ether oxygens (including phenoxy) is 1. The highest BCUT2D eigenvalue weighted by molar-refractivity contribution is 7.99. The quantitative estimate of drug-likeness (QED) is 0.919. The lowest BCUT2D eigenvalue weighted by Gasteiger charge is -2.22. The molecule has 0 unspecified atom stereocenters. The molecule has 1 aliphatic rings. The summed E-state index contributed by atoms with van der Waals surface area (Å²) in [6, 6.07) is 3.89. The molecule has 0 bridgehead atoms. The van der Waals surface area contributed by atoms with E-state index in [2.05, 4.69) is 23.7 Å². The summed E-state index contributed by atoms with van der Waals surface area (Å²) in [5.41, 5.74) is 6.55. The molecule has 106 valence electrons. The molecule has 0 aliphatic carbocycles. The van der Waals surface area contributed by atoms with Gasteiger partial charge in [-0.15, -0.1) is 0 Å². The zero-order valence-corrected chi connectivity index (χ0v) is 12.6. The van der Waals surface area contributed by atoms with E-state index in [1.54, 1.807) is 0 Å². The first kappa shape index (κ1) is 14.3. The van der Waals surface area contributed by atoms with Crippen LogP contribution in [0.5, 0.6) is 5.88 Å². The van der Waals surface area contributed by atoms with Crippen molar-refractivity contribution in [1.82, 2.24) is 4.98 Å². The number of nitrogen functional groups attached to an aromatic ring is 1. The maximum absolute atomic E-state index is 5.93. The molecule has 4 nitrogen and oxygen atoms in total. The van der Waals surface area contributed by atoms with Crippen molar-refractivity contribution in [2.45, 2.75) is 20.3 Å². The van der Waals surface area contributed by atoms with Crippen LogP contribution in [-0.2, 0) is 0 Å². The van der Waals surface area contributed by atoms with Crippen molar-refractivity contribution in [3.8, 4) is 5.88 Å². The van der Waals surface area contributed by atoms with E-state index < -0.39 is 0 Å². The lowest BCUT2D eigenvalue weighted by Crippen LogP contribution is -2.26. The first-order valence-corrected chi connectivity index (χ1v) is 8.04. The number of hydrogen-bond donors (Lipinski definition) is 1. The summed E-state index contributed by atoms with van der Waals surface area (Å²) in [6.45, 7) is 6.99. The Bertz CT molecular complexity index is 404. The van der Waals surface area contributed by atoms with Gasteiger partial charge in [-0.05, 0) is 30.2 Å². The minimum Gasteiger partial charge on any atom is -0.476 e. The molecular formula is C14H23N3OS. The fourth-order valence-corrected chi connectivity index (χ4v) is 2.84. The van der Waals surface area contributed by atoms with Gasteiger partial charge in [-0.2, -0.15) is 16.7 Å². The number of thioether (sulfide) groups is 1. The molecule has 2 heterocycles. The van der Waals surface area contributed by atoms with Gasteiger partial charge in [-0.1, -0.05) is 13.8 Å². The van der Waals surface area contributed by atoms with Crippen LogP contribution in [0.4, 0.5) is 11.5 Å². The normalized spacial score (nSPS) is 16.5. The SMILES string of the molecule is CC(C)COc1nc(N2CCCSCC2)ccc1N. The summed E-state index contributed by atoms with van der Waals surface area (Å²) < 4.78 is 5.69. The molecule has 0 atom stereocenters. The average molecular weight is 281 g/mol. The van der Waals surface area contributed by atoms with Crippen LogP contribution < -0.4 is 15.4 Å². The second kappa shape index (κ2) is 6.89. The second-order valence-corrected chi connectivity index (χ2v) is 6.45. The van der Waals surface area contributed by atoms with E-state index in [0.29, 0.717) is 24.1 Å². The van der Waals surface area contributed by atoms with E-state index in [9.17, 15) is 0 Å². The molecular weight excluding hydrogens is 258 g/mol. The fraction of sp³-hybridized carbons (Fsp3) is 0.643. The molecule has 0 amide bonds. The molecule has 19 heavy (non-hydrogen) atoms. The lowest BCUT2D eigenvalue weighted by molar-refractivity contribution is 0.263. The van der Waals surface area contributed by atoms with Gasteiger partial charge in [0.15, 0.2) is 0 Å². The Hall–Kier alpha value is -1.10. The minimum absolute atomic E-state index is 0.472. The smallest absolute Gasteiger partial charge is 0.239 e. The van der Waals surface area contributed by atoms with Crippen LogP contribution in [0.3, 0.4) is 0 Å². The summed E-state index contributed by atoms with van der Waals surface area (Å²) in [5, 5.41) is 0. The number of hydrogen-bond acceptors (Lipinski definition) is 5. The number of pyridine rings is 1. The number of rotatable bonds is 4. The number of nitrogens with zero attached hydrogens (tertiary/aromatic N) is 2. The van der Waals surface area contributed by atoms with Crippen molar-refractivity contribution in [3.63, 3.8) is 0 Å². The highest BCUT2D eigenvalue weighted by Gasteiger charge is 2.13. The van der Waals surface area contributed by atoms with Gasteiger partial charge >= 0.3 is 0 Å². The van der Waals surface area contributed by atoms with Crippen LogP contribution in [0, 0.1) is 5.92 Å². The van der Waals surface area contributed by atoms with Crippen molar-refractivity contribution in [3.05, 3.63) is 12.1 Å². The summed E-state index contributed by atoms with van der Waals surface area (Å²) in [6.07, 6.45) is 1.21. The Labute approximate surface area is 119 Å². The predicted molar refractivity (Wildman–Crippen MR) is 83.1 cm³/mol. The third-order valence-electron chi connectivity index (χ3n) is 2.97. The Kier molecular flexibility index (Phi) is 5.19. The van der Waals surface area contributed by atoms with Gasteiger partial charge in [-0.3, -0.25) is 0 Å². The van der Waals surface area contributed by atoms with Crippen molar-refractivity contribution < 1.29 is 4.74 Å². The van der Waals surface area contributed by atoms with Crippen LogP contribution in [0.1, 0.15) is 20.3 Å². The second-order valence-electron chi connectivity index (χ2n) is 5.22. The average Bonchev–Trinajstić information content (AvgIpc) is 2.66. The largest absolute Gasteiger partial charge is 0.476 e. The third-order valence-corrected chi connectivity index (χ3v) is 4.02. The van der Waals surface area contributed by atoms with E-state index in [0.717, 1.165) is 24.7 Å². The van der Waals surface area contributed by atoms with Gasteiger partial charge in [0.1, 0.15) is 5.82 Å². The summed E-state index contributed by atoms with van der Waals surface area (Å²) in [5.74, 6) is 4.43. The molecule has 0 aromatic carbocycles. The summed E-state index contributed by atoms with van der Waals surface area (Å²) >= 11 is 2.01. The van der Waals surface area contributed by atoms with E-state index in [1.165, 1.54) is 12.2 Å². The molecule has 1 aromatic rings. The van der Waals surface area contributed by atoms with Crippen LogP contribution >= 0.6 is 11.8 Å². The molecule has 1 fully saturated rings. The van der Waals surface area contributed by atoms with Gasteiger partial charge in [0.25, 0.3) is 0 Å². The van der Waals surface area contributed by atoms with Crippen LogP contribution in [-0.4, -0.2) is 36.2 Å². The van der Waals surface area contributed by atoms with Crippen LogP contribution in [0.15, 0.2) is 12.1 Å². The van der Waals surface area contributed by atoms with E-state index >= 15 is 0 Å². The minimum atomic E-state index is 0.472. The van der Waals surface area contributed by atoms with Gasteiger partial charge in [-0.25, -0.2) is 0 Å². The molecule has 2 N–H and O–H groups in total. The Balaban J connectivity index is 2.10. The first-order valence-electron chi connectivity index (χ1n) is 6.89. The standard InChI is InChI=1S/C14H23N3OS/c1-11(2)10-18-14-12(15)4-5-13(16-14)17-6-3-8-19-9-7-17/h4-5,11H,3,6-10,15H2,1-2H3. The van der Waals surface area contributed by atoms with Gasteiger partial charge in [0, 0.05) is 18.8 Å². The highest BCUT2D eigenvalue weighted by Crippen LogP contribution is 2.25. The number of aromatic nitrogens is 1. The summed E-state index contributed by atoms with van der Waals surface area (Å²) in [4.78, 5) is 6.90. The van der Waals surface area contributed by atoms with E-state index in [4.69, 9.17) is 10.5 Å². The van der Waals surface area contributed by atoms with Crippen molar-refractivity contribution in [2.75, 3.05) is 41.8 Å². The number of anilines is 2. The molecule has 0 radical (unpaired) electrons. The van der Waals surface area contributed by atoms with E-state index in [-0.39, 0.29) is 0 Å². The molecule has 1 aliphatic heterocycles. The molecule has 0 spiro atoms. The topological polar surface area (TPSA) is 51.4 Å². The zero-order chi connectivity index (χ0) is 13.7. The van der Waals surface area contributed by atoms with Crippen molar-refractivity contribution in [2.24, 2.45) is 5.92 Å². The van der Waals surface area contributed by atoms with Gasteiger partial charge in [0.2, 0.25) is 5.88 Å². The molecule has 1 aromatic heterocycles. The van der Waals surface area contributed by atoms with Crippen LogP contribution in [0.2, 0.25) is 0 Å². The zero-order valence-electron chi connectivity index (χ0n) is 11.8. The lowest BCUT2D eigenvalue weighted by atomic mass is 10.2. The molecule has 2 rings (SSSR count). The van der Waals surface area contributed by atoms with Crippen molar-refractivity contribution >= 4 is 23.3 Å². The Morgan fingerprint density at radius 3 is 3.00 bits per heavy atom. The Morgan fingerprint density at radius 1 is 1.37 bits per heavy atom. The fourth-order valence-electron chi connectivity index (χ4n) is 1.95. The first-order chi connectivity index (χ1) is 9.16. The third kappa shape index (κ3) is 4.20. The maximum Gasteiger partial charge on any atom is 0.239 e.